The maximum Gasteiger partial charge on any atom is 0.263 e. The molecule has 2 aromatic rings. The molecule has 1 saturated heterocycles. The number of nitrogens with zero attached hydrogens (tertiary/aromatic N) is 2. The normalized spacial score (nSPS) is 14.9. The van der Waals surface area contributed by atoms with Crippen molar-refractivity contribution in [3.63, 3.8) is 0 Å². The van der Waals surface area contributed by atoms with E-state index in [-0.39, 0.29) is 17.7 Å². The van der Waals surface area contributed by atoms with Gasteiger partial charge < -0.3 is 15.0 Å². The zero-order valence-corrected chi connectivity index (χ0v) is 15.6. The maximum absolute atomic E-state index is 12.5. The van der Waals surface area contributed by atoms with Gasteiger partial charge in [-0.05, 0) is 37.3 Å². The van der Waals surface area contributed by atoms with Gasteiger partial charge in [-0.1, -0.05) is 12.1 Å². The fourth-order valence-corrected chi connectivity index (χ4v) is 3.74. The predicted molar refractivity (Wildman–Crippen MR) is 100 cm³/mol. The largest absolute Gasteiger partial charge is 0.478 e. The van der Waals surface area contributed by atoms with Gasteiger partial charge in [-0.3, -0.25) is 9.59 Å². The molecule has 0 bridgehead atoms. The molecule has 7 heteroatoms. The number of piperidine rings is 1. The molecule has 0 unspecified atom stereocenters. The quantitative estimate of drug-likeness (QED) is 0.845. The lowest BCUT2D eigenvalue weighted by Gasteiger charge is -2.31. The average molecular weight is 373 g/mol. The Hall–Kier alpha value is -2.41. The number of ether oxygens (including phenoxy) is 1. The fourth-order valence-electron chi connectivity index (χ4n) is 3.05. The van der Waals surface area contributed by atoms with E-state index in [9.17, 15) is 9.59 Å². The van der Waals surface area contributed by atoms with E-state index in [1.165, 1.54) is 11.3 Å². The summed E-state index contributed by atoms with van der Waals surface area (Å²) in [5.41, 5.74) is 0.869. The highest BCUT2D eigenvalue weighted by Gasteiger charge is 2.28. The molecule has 0 radical (unpaired) electrons. The molecule has 0 saturated carbocycles. The molecular formula is C19H23N3O3S. The van der Waals surface area contributed by atoms with Crippen LogP contribution < -0.4 is 10.1 Å². The van der Waals surface area contributed by atoms with E-state index in [4.69, 9.17) is 4.74 Å². The summed E-state index contributed by atoms with van der Waals surface area (Å²) in [5.74, 6) is 0.594. The number of nitrogens with one attached hydrogen (secondary N) is 1. The summed E-state index contributed by atoms with van der Waals surface area (Å²) in [5, 5.41) is 4.88. The van der Waals surface area contributed by atoms with Gasteiger partial charge in [0.05, 0.1) is 11.5 Å². The number of hydrogen-bond acceptors (Lipinski definition) is 5. The van der Waals surface area contributed by atoms with Crippen molar-refractivity contribution in [2.45, 2.75) is 26.3 Å². The van der Waals surface area contributed by atoms with Crippen LogP contribution >= 0.6 is 11.3 Å². The van der Waals surface area contributed by atoms with Crippen molar-refractivity contribution in [2.24, 2.45) is 5.92 Å². The smallest absolute Gasteiger partial charge is 0.263 e. The summed E-state index contributed by atoms with van der Waals surface area (Å²) >= 11 is 1.45. The van der Waals surface area contributed by atoms with Gasteiger partial charge in [0.25, 0.3) is 5.91 Å². The van der Waals surface area contributed by atoms with Crippen molar-refractivity contribution in [1.29, 1.82) is 0 Å². The number of amides is 2. The first-order valence-electron chi connectivity index (χ1n) is 8.86. The predicted octanol–water partition coefficient (Wildman–Crippen LogP) is 2.71. The highest BCUT2D eigenvalue weighted by atomic mass is 32.1. The lowest BCUT2D eigenvalue weighted by molar-refractivity contribution is -0.126. The van der Waals surface area contributed by atoms with E-state index >= 15 is 0 Å². The number of thiophene rings is 1. The van der Waals surface area contributed by atoms with Crippen LogP contribution in [0.2, 0.25) is 0 Å². The molecule has 138 valence electrons. The molecule has 26 heavy (non-hydrogen) atoms. The fraction of sp³-hybridized carbons (Fsp3) is 0.421. The van der Waals surface area contributed by atoms with Crippen LogP contribution in [-0.4, -0.2) is 41.4 Å². The minimum absolute atomic E-state index is 0.0273. The molecule has 1 aliphatic rings. The number of rotatable bonds is 6. The molecule has 1 aliphatic heterocycles. The Morgan fingerprint density at radius 1 is 1.31 bits per heavy atom. The van der Waals surface area contributed by atoms with Crippen LogP contribution in [0.15, 0.2) is 35.8 Å². The van der Waals surface area contributed by atoms with Crippen LogP contribution in [0.4, 0.5) is 0 Å². The number of hydrogen-bond donors (Lipinski definition) is 1. The SMILES string of the molecule is CCOc1ncccc1CNC(=O)C1CCN(C(=O)c2cccs2)CC1. The molecule has 1 fully saturated rings. The zero-order valence-electron chi connectivity index (χ0n) is 14.8. The summed E-state index contributed by atoms with van der Waals surface area (Å²) in [7, 11) is 0. The average Bonchev–Trinajstić information content (AvgIpc) is 3.21. The van der Waals surface area contributed by atoms with E-state index < -0.39 is 0 Å². The molecule has 1 N–H and O–H groups in total. The molecule has 0 spiro atoms. The van der Waals surface area contributed by atoms with Gasteiger partial charge in [0.1, 0.15) is 0 Å². The van der Waals surface area contributed by atoms with Crippen LogP contribution in [0.25, 0.3) is 0 Å². The Morgan fingerprint density at radius 2 is 2.12 bits per heavy atom. The molecule has 0 atom stereocenters. The Kier molecular flexibility index (Phi) is 6.22. The third kappa shape index (κ3) is 4.40. The van der Waals surface area contributed by atoms with E-state index in [0.29, 0.717) is 45.0 Å². The monoisotopic (exact) mass is 373 g/mol. The number of carbonyl (C=O) groups is 2. The van der Waals surface area contributed by atoms with Crippen molar-refractivity contribution in [1.82, 2.24) is 15.2 Å². The van der Waals surface area contributed by atoms with E-state index in [1.807, 2.05) is 41.5 Å². The Labute approximate surface area is 157 Å². The minimum Gasteiger partial charge on any atom is -0.478 e. The van der Waals surface area contributed by atoms with Crippen LogP contribution in [0.3, 0.4) is 0 Å². The standard InChI is InChI=1S/C19H23N3O3S/c1-2-25-18-15(5-3-9-20-18)13-21-17(23)14-7-10-22(11-8-14)19(24)16-6-4-12-26-16/h3-6,9,12,14H,2,7-8,10-11,13H2,1H3,(H,21,23). The summed E-state index contributed by atoms with van der Waals surface area (Å²) in [4.78, 5) is 31.6. The Balaban J connectivity index is 1.49. The van der Waals surface area contributed by atoms with Crippen LogP contribution in [-0.2, 0) is 11.3 Å². The van der Waals surface area contributed by atoms with Crippen molar-refractivity contribution in [3.8, 4) is 5.88 Å². The third-order valence-corrected chi connectivity index (χ3v) is 5.33. The first kappa shape index (κ1) is 18.4. The molecular weight excluding hydrogens is 350 g/mol. The molecule has 2 aromatic heterocycles. The summed E-state index contributed by atoms with van der Waals surface area (Å²) in [6.45, 7) is 4.07. The van der Waals surface area contributed by atoms with Crippen molar-refractivity contribution in [3.05, 3.63) is 46.3 Å². The zero-order chi connectivity index (χ0) is 18.4. The first-order valence-corrected chi connectivity index (χ1v) is 9.74. The van der Waals surface area contributed by atoms with Crippen LogP contribution in [0, 0.1) is 5.92 Å². The van der Waals surface area contributed by atoms with Gasteiger partial charge in [0, 0.05) is 37.3 Å². The number of pyridine rings is 1. The number of carbonyl (C=O) groups excluding carboxylic acids is 2. The highest BCUT2D eigenvalue weighted by molar-refractivity contribution is 7.12. The second-order valence-corrected chi connectivity index (χ2v) is 7.11. The lowest BCUT2D eigenvalue weighted by atomic mass is 9.95. The molecule has 0 aliphatic carbocycles. The third-order valence-electron chi connectivity index (χ3n) is 4.47. The Bertz CT molecular complexity index is 740. The lowest BCUT2D eigenvalue weighted by Crippen LogP contribution is -2.42. The van der Waals surface area contributed by atoms with Gasteiger partial charge in [-0.25, -0.2) is 4.98 Å². The second-order valence-electron chi connectivity index (χ2n) is 6.16. The molecule has 2 amide bonds. The molecule has 0 aromatic carbocycles. The van der Waals surface area contributed by atoms with Gasteiger partial charge in [-0.2, -0.15) is 0 Å². The summed E-state index contributed by atoms with van der Waals surface area (Å²) in [6.07, 6.45) is 3.05. The van der Waals surface area contributed by atoms with Crippen molar-refractivity contribution < 1.29 is 14.3 Å². The Morgan fingerprint density at radius 3 is 2.81 bits per heavy atom. The van der Waals surface area contributed by atoms with Crippen molar-refractivity contribution >= 4 is 23.2 Å². The van der Waals surface area contributed by atoms with Crippen LogP contribution in [0.5, 0.6) is 5.88 Å². The summed E-state index contributed by atoms with van der Waals surface area (Å²) < 4.78 is 5.48. The number of aromatic nitrogens is 1. The second kappa shape index (κ2) is 8.80. The van der Waals surface area contributed by atoms with Crippen molar-refractivity contribution in [2.75, 3.05) is 19.7 Å². The highest BCUT2D eigenvalue weighted by Crippen LogP contribution is 2.21. The topological polar surface area (TPSA) is 71.5 Å². The molecule has 3 rings (SSSR count). The molecule has 6 nitrogen and oxygen atoms in total. The summed E-state index contributed by atoms with van der Waals surface area (Å²) in [6, 6.07) is 7.46. The minimum atomic E-state index is -0.0606. The van der Waals surface area contributed by atoms with Gasteiger partial charge in [0.15, 0.2) is 0 Å². The van der Waals surface area contributed by atoms with E-state index in [2.05, 4.69) is 10.3 Å². The maximum atomic E-state index is 12.5. The molecule has 3 heterocycles. The van der Waals surface area contributed by atoms with Gasteiger partial charge >= 0.3 is 0 Å². The van der Waals surface area contributed by atoms with Gasteiger partial charge in [-0.15, -0.1) is 11.3 Å². The number of likely N-dealkylation sites (tertiary alicyclic amines) is 1. The first-order chi connectivity index (χ1) is 12.7. The van der Waals surface area contributed by atoms with Crippen LogP contribution in [0.1, 0.15) is 35.0 Å². The van der Waals surface area contributed by atoms with Gasteiger partial charge in [0.2, 0.25) is 11.8 Å². The van der Waals surface area contributed by atoms with E-state index in [0.717, 1.165) is 10.4 Å². The van der Waals surface area contributed by atoms with E-state index in [1.54, 1.807) is 6.20 Å².